The van der Waals surface area contributed by atoms with Crippen molar-refractivity contribution >= 4 is 46.5 Å². The number of likely N-dealkylation sites (N-methyl/N-ethyl adjacent to an activating group) is 1. The van der Waals surface area contributed by atoms with Gasteiger partial charge in [0.05, 0.1) is 23.3 Å². The van der Waals surface area contributed by atoms with E-state index in [0.29, 0.717) is 21.3 Å². The fourth-order valence-electron chi connectivity index (χ4n) is 2.61. The van der Waals surface area contributed by atoms with Crippen LogP contribution in [0.1, 0.15) is 29.8 Å². The van der Waals surface area contributed by atoms with Gasteiger partial charge >= 0.3 is 0 Å². The van der Waals surface area contributed by atoms with Crippen molar-refractivity contribution < 1.29 is 14.4 Å². The van der Waals surface area contributed by atoms with E-state index in [4.69, 9.17) is 28.9 Å². The van der Waals surface area contributed by atoms with Crippen molar-refractivity contribution in [1.82, 2.24) is 5.32 Å². The molecule has 2 aromatic carbocycles. The summed E-state index contributed by atoms with van der Waals surface area (Å²) in [6, 6.07) is 10.6. The molecular formula is C21H23Cl2N3O3. The molecule has 0 aliphatic heterocycles. The molecule has 3 N–H and O–H groups in total. The Morgan fingerprint density at radius 1 is 1.07 bits per heavy atom. The number of nitrogens with zero attached hydrogens (tertiary/aromatic N) is 1. The molecule has 6 nitrogen and oxygen atoms in total. The Bertz CT molecular complexity index is 931. The van der Waals surface area contributed by atoms with Gasteiger partial charge in [-0.1, -0.05) is 49.2 Å². The van der Waals surface area contributed by atoms with Crippen LogP contribution in [0.2, 0.25) is 10.0 Å². The lowest BCUT2D eigenvalue weighted by Crippen LogP contribution is -2.47. The minimum absolute atomic E-state index is 0.0565. The average molecular weight is 436 g/mol. The number of halogens is 2. The molecule has 0 heterocycles. The molecule has 0 spiro atoms. The lowest BCUT2D eigenvalue weighted by molar-refractivity contribution is -0.126. The molecule has 2 amide bonds. The van der Waals surface area contributed by atoms with Crippen LogP contribution in [0.3, 0.4) is 0 Å². The average Bonchev–Trinajstić information content (AvgIpc) is 2.70. The highest BCUT2D eigenvalue weighted by molar-refractivity contribution is 6.36. The van der Waals surface area contributed by atoms with Gasteiger partial charge in [0.15, 0.2) is 5.78 Å². The SMILES string of the molecule is CC(C)C(N)C(=O)NCC(=O)N(C)c1ccc(Cl)cc1C(=O)c1ccccc1Cl. The molecule has 0 aromatic heterocycles. The highest BCUT2D eigenvalue weighted by Crippen LogP contribution is 2.28. The van der Waals surface area contributed by atoms with Gasteiger partial charge in [-0.05, 0) is 36.2 Å². The van der Waals surface area contributed by atoms with Gasteiger partial charge in [0, 0.05) is 23.2 Å². The van der Waals surface area contributed by atoms with Crippen molar-refractivity contribution in [3.63, 3.8) is 0 Å². The number of nitrogens with one attached hydrogen (secondary N) is 1. The summed E-state index contributed by atoms with van der Waals surface area (Å²) in [6.45, 7) is 3.38. The van der Waals surface area contributed by atoms with Crippen molar-refractivity contribution in [2.75, 3.05) is 18.5 Å². The molecule has 29 heavy (non-hydrogen) atoms. The van der Waals surface area contributed by atoms with Crippen molar-refractivity contribution in [2.45, 2.75) is 19.9 Å². The normalized spacial score (nSPS) is 11.8. The van der Waals surface area contributed by atoms with Gasteiger partial charge in [-0.2, -0.15) is 0 Å². The first-order valence-corrected chi connectivity index (χ1v) is 9.77. The Labute approximate surface area is 180 Å². The summed E-state index contributed by atoms with van der Waals surface area (Å²) in [4.78, 5) is 38.9. The summed E-state index contributed by atoms with van der Waals surface area (Å²) in [6.07, 6.45) is 0. The summed E-state index contributed by atoms with van der Waals surface area (Å²) < 4.78 is 0. The molecule has 1 atom stereocenters. The third-order valence-electron chi connectivity index (χ3n) is 4.49. The maximum atomic E-state index is 13.0. The number of amides is 2. The molecule has 0 aliphatic carbocycles. The number of anilines is 1. The van der Waals surface area contributed by atoms with E-state index in [9.17, 15) is 14.4 Å². The summed E-state index contributed by atoms with van der Waals surface area (Å²) in [7, 11) is 1.52. The molecule has 0 saturated heterocycles. The van der Waals surface area contributed by atoms with E-state index in [2.05, 4.69) is 5.32 Å². The van der Waals surface area contributed by atoms with Gasteiger partial charge < -0.3 is 16.0 Å². The molecule has 154 valence electrons. The first-order chi connectivity index (χ1) is 13.6. The molecule has 0 aliphatic rings. The van der Waals surface area contributed by atoms with Gasteiger partial charge in [0.25, 0.3) is 0 Å². The zero-order valence-corrected chi connectivity index (χ0v) is 17.9. The van der Waals surface area contributed by atoms with E-state index in [1.54, 1.807) is 36.4 Å². The van der Waals surface area contributed by atoms with Crippen molar-refractivity contribution in [2.24, 2.45) is 11.7 Å². The van der Waals surface area contributed by atoms with Gasteiger partial charge in [-0.25, -0.2) is 0 Å². The second-order valence-electron chi connectivity index (χ2n) is 6.91. The van der Waals surface area contributed by atoms with Crippen LogP contribution in [-0.2, 0) is 9.59 Å². The number of hydrogen-bond acceptors (Lipinski definition) is 4. The van der Waals surface area contributed by atoms with E-state index in [1.165, 1.54) is 18.0 Å². The van der Waals surface area contributed by atoms with E-state index in [1.807, 2.05) is 13.8 Å². The van der Waals surface area contributed by atoms with Crippen LogP contribution in [0, 0.1) is 5.92 Å². The number of benzene rings is 2. The third-order valence-corrected chi connectivity index (χ3v) is 5.06. The van der Waals surface area contributed by atoms with E-state index in [-0.39, 0.29) is 23.8 Å². The second kappa shape index (κ2) is 9.87. The van der Waals surface area contributed by atoms with Gasteiger partial charge in [0.1, 0.15) is 0 Å². The monoisotopic (exact) mass is 435 g/mol. The molecule has 8 heteroatoms. The molecule has 0 saturated carbocycles. The highest BCUT2D eigenvalue weighted by Gasteiger charge is 2.23. The molecule has 2 aromatic rings. The molecule has 1 unspecified atom stereocenters. The Balaban J connectivity index is 2.26. The van der Waals surface area contributed by atoms with Crippen LogP contribution in [-0.4, -0.2) is 37.2 Å². The Morgan fingerprint density at radius 3 is 2.34 bits per heavy atom. The summed E-state index contributed by atoms with van der Waals surface area (Å²) in [5.41, 5.74) is 6.67. The summed E-state index contributed by atoms with van der Waals surface area (Å²) >= 11 is 12.2. The molecular weight excluding hydrogens is 413 g/mol. The zero-order valence-electron chi connectivity index (χ0n) is 16.4. The highest BCUT2D eigenvalue weighted by atomic mass is 35.5. The van der Waals surface area contributed by atoms with Crippen molar-refractivity contribution in [3.05, 3.63) is 63.6 Å². The predicted octanol–water partition coefficient (Wildman–Crippen LogP) is 3.29. The number of nitrogens with two attached hydrogens (primary N) is 1. The van der Waals surface area contributed by atoms with E-state index < -0.39 is 17.9 Å². The first-order valence-electron chi connectivity index (χ1n) is 9.02. The minimum Gasteiger partial charge on any atom is -0.346 e. The van der Waals surface area contributed by atoms with Crippen molar-refractivity contribution in [1.29, 1.82) is 0 Å². The first kappa shape index (κ1) is 22.9. The van der Waals surface area contributed by atoms with Gasteiger partial charge in [-0.15, -0.1) is 0 Å². The smallest absolute Gasteiger partial charge is 0.246 e. The second-order valence-corrected chi connectivity index (χ2v) is 7.75. The molecule has 0 bridgehead atoms. The predicted molar refractivity (Wildman–Crippen MR) is 116 cm³/mol. The number of carbonyl (C=O) groups excluding carboxylic acids is 3. The number of ketones is 1. The number of carbonyl (C=O) groups is 3. The van der Waals surface area contributed by atoms with Crippen molar-refractivity contribution in [3.8, 4) is 0 Å². The summed E-state index contributed by atoms with van der Waals surface area (Å²) in [5.74, 6) is -1.24. The summed E-state index contributed by atoms with van der Waals surface area (Å²) in [5, 5.41) is 3.17. The Kier molecular flexibility index (Phi) is 7.79. The van der Waals surface area contributed by atoms with Crippen LogP contribution in [0.5, 0.6) is 0 Å². The van der Waals surface area contributed by atoms with E-state index in [0.717, 1.165) is 0 Å². The van der Waals surface area contributed by atoms with Gasteiger partial charge in [-0.3, -0.25) is 14.4 Å². The fourth-order valence-corrected chi connectivity index (χ4v) is 3.00. The largest absolute Gasteiger partial charge is 0.346 e. The van der Waals surface area contributed by atoms with Crippen LogP contribution >= 0.6 is 23.2 Å². The maximum absolute atomic E-state index is 13.0. The van der Waals surface area contributed by atoms with Crippen LogP contribution in [0.4, 0.5) is 5.69 Å². The number of hydrogen-bond donors (Lipinski definition) is 2. The minimum atomic E-state index is -0.707. The third kappa shape index (κ3) is 5.56. The van der Waals surface area contributed by atoms with Crippen LogP contribution in [0.15, 0.2) is 42.5 Å². The zero-order chi connectivity index (χ0) is 21.7. The lowest BCUT2D eigenvalue weighted by Gasteiger charge is -2.22. The lowest BCUT2D eigenvalue weighted by atomic mass is 10.0. The maximum Gasteiger partial charge on any atom is 0.246 e. The standard InChI is InChI=1S/C21H23Cl2N3O3/c1-12(2)19(24)21(29)25-11-18(27)26(3)17-9-8-13(22)10-15(17)20(28)14-6-4-5-7-16(14)23/h4-10,12,19H,11,24H2,1-3H3,(H,25,29). The molecule has 2 rings (SSSR count). The molecule has 0 radical (unpaired) electrons. The molecule has 0 fully saturated rings. The number of rotatable bonds is 7. The van der Waals surface area contributed by atoms with E-state index >= 15 is 0 Å². The Morgan fingerprint density at radius 2 is 1.72 bits per heavy atom. The van der Waals surface area contributed by atoms with Crippen LogP contribution in [0.25, 0.3) is 0 Å². The Hall–Kier alpha value is -2.41. The quantitative estimate of drug-likeness (QED) is 0.652. The topological polar surface area (TPSA) is 92.5 Å². The van der Waals surface area contributed by atoms with Crippen LogP contribution < -0.4 is 16.0 Å². The van der Waals surface area contributed by atoms with Gasteiger partial charge in [0.2, 0.25) is 11.8 Å². The fraction of sp³-hybridized carbons (Fsp3) is 0.286.